The lowest BCUT2D eigenvalue weighted by Crippen LogP contribution is -2.32. The minimum atomic E-state index is -0.676. The van der Waals surface area contributed by atoms with Crippen LogP contribution in [0.4, 0.5) is 10.7 Å². The Hall–Kier alpha value is -2.56. The van der Waals surface area contributed by atoms with E-state index in [4.69, 9.17) is 22.1 Å². The Bertz CT molecular complexity index is 1120. The monoisotopic (exact) mass is 493 g/mol. The number of nitrogens with two attached hydrogens (primary N) is 1. The highest BCUT2D eigenvalue weighted by Gasteiger charge is 2.30. The van der Waals surface area contributed by atoms with Gasteiger partial charge < -0.3 is 21.1 Å². The van der Waals surface area contributed by atoms with Crippen molar-refractivity contribution in [1.29, 1.82) is 0 Å². The molecule has 11 heteroatoms. The molecule has 1 unspecified atom stereocenters. The Morgan fingerprint density at radius 3 is 2.81 bits per heavy atom. The topological polar surface area (TPSA) is 128 Å². The second-order valence-corrected chi connectivity index (χ2v) is 10.2. The lowest BCUT2D eigenvalue weighted by molar-refractivity contribution is -0.147. The van der Waals surface area contributed by atoms with Gasteiger partial charge in [-0.05, 0) is 49.4 Å². The molecule has 0 radical (unpaired) electrons. The van der Waals surface area contributed by atoms with Gasteiger partial charge in [0.05, 0.1) is 22.9 Å². The number of anilines is 2. The Balaban J connectivity index is 1.32. The van der Waals surface area contributed by atoms with Gasteiger partial charge in [0.25, 0.3) is 11.8 Å². The second-order valence-electron chi connectivity index (χ2n) is 7.43. The highest BCUT2D eigenvalue weighted by atomic mass is 35.5. The van der Waals surface area contributed by atoms with Crippen LogP contribution in [0.5, 0.6) is 0 Å². The van der Waals surface area contributed by atoms with E-state index < -0.39 is 29.6 Å². The molecule has 1 aliphatic carbocycles. The van der Waals surface area contributed by atoms with Crippen LogP contribution in [0.1, 0.15) is 40.1 Å². The average molecular weight is 494 g/mol. The Labute approximate surface area is 197 Å². The second kappa shape index (κ2) is 9.51. The van der Waals surface area contributed by atoms with Crippen LogP contribution in [0.3, 0.4) is 0 Å². The largest absolute Gasteiger partial charge is 0.456 e. The van der Waals surface area contributed by atoms with Crippen molar-refractivity contribution in [3.63, 3.8) is 0 Å². The van der Waals surface area contributed by atoms with E-state index in [0.717, 1.165) is 41.0 Å². The first kappa shape index (κ1) is 22.6. The van der Waals surface area contributed by atoms with Crippen molar-refractivity contribution in [2.75, 3.05) is 17.2 Å². The third kappa shape index (κ3) is 4.92. The number of esters is 1. The predicted molar refractivity (Wildman–Crippen MR) is 123 cm³/mol. The Morgan fingerprint density at radius 1 is 1.25 bits per heavy atom. The molecule has 2 aromatic rings. The van der Waals surface area contributed by atoms with Crippen LogP contribution in [0, 0.1) is 0 Å². The van der Waals surface area contributed by atoms with E-state index in [2.05, 4.69) is 10.6 Å². The van der Waals surface area contributed by atoms with Crippen molar-refractivity contribution in [1.82, 2.24) is 0 Å². The van der Waals surface area contributed by atoms with Crippen molar-refractivity contribution in [3.8, 4) is 0 Å². The predicted octanol–water partition coefficient (Wildman–Crippen LogP) is 3.36. The maximum Gasteiger partial charge on any atom is 0.307 e. The van der Waals surface area contributed by atoms with Crippen LogP contribution in [-0.2, 0) is 32.0 Å². The van der Waals surface area contributed by atoms with E-state index in [1.54, 1.807) is 18.2 Å². The average Bonchev–Trinajstić information content (AvgIpc) is 3.11. The van der Waals surface area contributed by atoms with E-state index in [1.165, 1.54) is 23.1 Å². The van der Waals surface area contributed by atoms with Gasteiger partial charge in [-0.3, -0.25) is 19.2 Å². The fraction of sp³-hybridized carbons (Fsp3) is 0.333. The first-order valence-corrected chi connectivity index (χ1v) is 12.1. The van der Waals surface area contributed by atoms with Crippen LogP contribution >= 0.6 is 34.7 Å². The minimum Gasteiger partial charge on any atom is -0.456 e. The summed E-state index contributed by atoms with van der Waals surface area (Å²) < 4.78 is 5.06. The normalized spacial score (nSPS) is 17.0. The first-order chi connectivity index (χ1) is 15.3. The van der Waals surface area contributed by atoms with Crippen molar-refractivity contribution in [3.05, 3.63) is 39.2 Å². The maximum atomic E-state index is 12.3. The summed E-state index contributed by atoms with van der Waals surface area (Å²) in [6.45, 7) is -0.523. The first-order valence-electron chi connectivity index (χ1n) is 9.98. The molecule has 8 nitrogen and oxygen atoms in total. The molecule has 1 aromatic carbocycles. The van der Waals surface area contributed by atoms with Gasteiger partial charge in [0.1, 0.15) is 5.00 Å². The number of hydrogen-bond donors (Lipinski definition) is 3. The molecule has 2 heterocycles. The number of aryl methyl sites for hydroxylation is 1. The molecule has 0 bridgehead atoms. The number of fused-ring (bicyclic) bond motifs is 2. The zero-order chi connectivity index (χ0) is 22.8. The molecule has 0 saturated heterocycles. The van der Waals surface area contributed by atoms with Crippen molar-refractivity contribution < 1.29 is 23.9 Å². The van der Waals surface area contributed by atoms with Crippen LogP contribution in [-0.4, -0.2) is 35.5 Å². The van der Waals surface area contributed by atoms with Crippen LogP contribution in [0.2, 0.25) is 5.02 Å². The van der Waals surface area contributed by atoms with Gasteiger partial charge in [-0.15, -0.1) is 23.1 Å². The Morgan fingerprint density at radius 2 is 2.03 bits per heavy atom. The summed E-state index contributed by atoms with van der Waals surface area (Å²) in [6.07, 6.45) is 3.42. The van der Waals surface area contributed by atoms with Crippen LogP contribution < -0.4 is 16.4 Å². The number of rotatable bonds is 6. The lowest BCUT2D eigenvalue weighted by atomic mass is 9.95. The molecular formula is C21H20ClN3O5S2. The summed E-state index contributed by atoms with van der Waals surface area (Å²) in [7, 11) is 0. The summed E-state index contributed by atoms with van der Waals surface area (Å²) in [4.78, 5) is 50.6. The quantitative estimate of drug-likeness (QED) is 0.529. The highest BCUT2D eigenvalue weighted by Crippen LogP contribution is 2.39. The number of thiophene rings is 1. The Kier molecular flexibility index (Phi) is 6.73. The van der Waals surface area contributed by atoms with Gasteiger partial charge >= 0.3 is 5.97 Å². The minimum absolute atomic E-state index is 0.189. The molecule has 4 rings (SSSR count). The summed E-state index contributed by atoms with van der Waals surface area (Å²) >= 11 is 8.51. The number of hydrogen-bond acceptors (Lipinski definition) is 7. The van der Waals surface area contributed by atoms with Crippen LogP contribution in [0.15, 0.2) is 23.1 Å². The number of amides is 3. The van der Waals surface area contributed by atoms with Crippen molar-refractivity contribution in [2.24, 2.45) is 5.73 Å². The van der Waals surface area contributed by atoms with Crippen molar-refractivity contribution >= 4 is 69.1 Å². The highest BCUT2D eigenvalue weighted by molar-refractivity contribution is 8.01. The summed E-state index contributed by atoms with van der Waals surface area (Å²) in [5.41, 5.74) is 7.37. The number of ether oxygens (including phenoxy) is 1. The number of thioether (sulfide) groups is 1. The van der Waals surface area contributed by atoms with Gasteiger partial charge in [0, 0.05) is 14.8 Å². The SMILES string of the molecule is NC(=O)c1c(NC(=O)COC(=O)CC2Sc3ccc(Cl)cc3NC2=O)sc2c1CCCC2. The van der Waals surface area contributed by atoms with Gasteiger partial charge in [-0.2, -0.15) is 0 Å². The van der Waals surface area contributed by atoms with Crippen LogP contribution in [0.25, 0.3) is 0 Å². The molecule has 1 aromatic heterocycles. The molecular weight excluding hydrogens is 474 g/mol. The van der Waals surface area contributed by atoms with E-state index in [0.29, 0.717) is 21.3 Å². The molecule has 3 amide bonds. The fourth-order valence-corrected chi connectivity index (χ4v) is 6.25. The number of halogens is 1. The van der Waals surface area contributed by atoms with E-state index in [-0.39, 0.29) is 12.3 Å². The molecule has 168 valence electrons. The third-order valence-electron chi connectivity index (χ3n) is 5.15. The van der Waals surface area contributed by atoms with E-state index >= 15 is 0 Å². The third-order valence-corrected chi connectivity index (χ3v) is 7.87. The number of nitrogens with one attached hydrogen (secondary N) is 2. The van der Waals surface area contributed by atoms with E-state index in [9.17, 15) is 19.2 Å². The van der Waals surface area contributed by atoms with Gasteiger partial charge in [0.15, 0.2) is 6.61 Å². The van der Waals surface area contributed by atoms with Gasteiger partial charge in [-0.1, -0.05) is 11.6 Å². The molecule has 1 aliphatic heterocycles. The number of carbonyl (C=O) groups excluding carboxylic acids is 4. The van der Waals surface area contributed by atoms with E-state index in [1.807, 2.05) is 0 Å². The molecule has 2 aliphatic rings. The fourth-order valence-electron chi connectivity index (χ4n) is 3.69. The molecule has 4 N–H and O–H groups in total. The molecule has 0 saturated carbocycles. The number of primary amides is 1. The summed E-state index contributed by atoms with van der Waals surface area (Å²) in [5.74, 6) is -2.16. The zero-order valence-corrected chi connectivity index (χ0v) is 19.3. The standard InChI is InChI=1S/C21H20ClN3O5S2/c22-10-5-6-14-12(7-10)24-20(29)15(31-14)8-17(27)30-9-16(26)25-21-18(19(23)28)11-3-1-2-4-13(11)32-21/h5-7,15H,1-4,8-9H2,(H2,23,28)(H,24,29)(H,25,26). The number of carbonyl (C=O) groups is 4. The zero-order valence-electron chi connectivity index (χ0n) is 16.9. The maximum absolute atomic E-state index is 12.3. The number of benzene rings is 1. The lowest BCUT2D eigenvalue weighted by Gasteiger charge is -2.23. The molecule has 1 atom stereocenters. The molecule has 32 heavy (non-hydrogen) atoms. The van der Waals surface area contributed by atoms with Crippen molar-refractivity contribution in [2.45, 2.75) is 42.2 Å². The summed E-state index contributed by atoms with van der Waals surface area (Å²) in [5, 5.41) is 5.58. The van der Waals surface area contributed by atoms with Gasteiger partial charge in [0.2, 0.25) is 5.91 Å². The molecule has 0 fully saturated rings. The molecule has 0 spiro atoms. The smallest absolute Gasteiger partial charge is 0.307 e. The van der Waals surface area contributed by atoms with Gasteiger partial charge in [-0.25, -0.2) is 0 Å². The summed E-state index contributed by atoms with van der Waals surface area (Å²) in [6, 6.07) is 5.11.